The second kappa shape index (κ2) is 12.0. The molecule has 0 N–H and O–H groups in total. The van der Waals surface area contributed by atoms with Crippen molar-refractivity contribution in [1.29, 1.82) is 0 Å². The maximum atomic E-state index is 5.13. The predicted molar refractivity (Wildman–Crippen MR) is 198 cm³/mol. The number of benzene rings is 6. The lowest BCUT2D eigenvalue weighted by Crippen LogP contribution is -1.99. The van der Waals surface area contributed by atoms with Gasteiger partial charge in [-0.05, 0) is 66.4 Å². The molecule has 0 unspecified atom stereocenters. The molecule has 8 rings (SSSR count). The van der Waals surface area contributed by atoms with E-state index in [4.69, 9.17) is 9.97 Å². The van der Waals surface area contributed by atoms with Crippen molar-refractivity contribution in [3.05, 3.63) is 169 Å². The minimum absolute atomic E-state index is 0.719. The second-order valence-electron chi connectivity index (χ2n) is 11.8. The first kappa shape index (κ1) is 28.4. The average molecular weight is 604 g/mol. The molecule has 3 heteroatoms. The summed E-state index contributed by atoms with van der Waals surface area (Å²) in [4.78, 5) is 10.1. The first-order valence-corrected chi connectivity index (χ1v) is 16.1. The van der Waals surface area contributed by atoms with Gasteiger partial charge in [0.2, 0.25) is 0 Å². The third-order valence-electron chi connectivity index (χ3n) is 8.95. The fourth-order valence-corrected chi connectivity index (χ4v) is 6.71. The van der Waals surface area contributed by atoms with E-state index in [9.17, 15) is 0 Å². The molecule has 0 atom stereocenters. The Hall–Kier alpha value is -6.06. The monoisotopic (exact) mass is 603 g/mol. The summed E-state index contributed by atoms with van der Waals surface area (Å²) in [6, 6.07) is 53.4. The SMILES string of the molecule is C/C=C\c1c(-c2cccc(-n3c4ccccc4c4ccccc43)c2)ccc(-c2cc(-c3ccccc3)nc(-c3ccccc3)n2)c1C. The highest BCUT2D eigenvalue weighted by molar-refractivity contribution is 6.09. The summed E-state index contributed by atoms with van der Waals surface area (Å²) in [5.41, 5.74) is 13.3. The summed E-state index contributed by atoms with van der Waals surface area (Å²) in [6.45, 7) is 4.29. The smallest absolute Gasteiger partial charge is 0.160 e. The molecule has 0 aliphatic heterocycles. The Morgan fingerprint density at radius 1 is 0.511 bits per heavy atom. The summed E-state index contributed by atoms with van der Waals surface area (Å²) < 4.78 is 2.38. The van der Waals surface area contributed by atoms with Crippen molar-refractivity contribution in [2.24, 2.45) is 0 Å². The first-order chi connectivity index (χ1) is 23.2. The Morgan fingerprint density at radius 2 is 1.09 bits per heavy atom. The van der Waals surface area contributed by atoms with E-state index in [-0.39, 0.29) is 0 Å². The molecule has 0 radical (unpaired) electrons. The lowest BCUT2D eigenvalue weighted by atomic mass is 9.90. The van der Waals surface area contributed by atoms with Crippen LogP contribution in [-0.2, 0) is 0 Å². The van der Waals surface area contributed by atoms with Gasteiger partial charge in [-0.15, -0.1) is 0 Å². The van der Waals surface area contributed by atoms with E-state index in [2.05, 4.69) is 158 Å². The van der Waals surface area contributed by atoms with Gasteiger partial charge in [-0.1, -0.05) is 133 Å². The lowest BCUT2D eigenvalue weighted by molar-refractivity contribution is 1.18. The van der Waals surface area contributed by atoms with Crippen LogP contribution in [0.2, 0.25) is 0 Å². The molecule has 0 aliphatic carbocycles. The van der Waals surface area contributed by atoms with E-state index in [1.807, 2.05) is 24.3 Å². The zero-order valence-electron chi connectivity index (χ0n) is 26.4. The van der Waals surface area contributed by atoms with Crippen LogP contribution in [0.3, 0.4) is 0 Å². The molecule has 2 aromatic heterocycles. The van der Waals surface area contributed by atoms with Crippen molar-refractivity contribution in [2.75, 3.05) is 0 Å². The van der Waals surface area contributed by atoms with Gasteiger partial charge in [-0.25, -0.2) is 9.97 Å². The number of rotatable bonds is 6. The van der Waals surface area contributed by atoms with Crippen molar-refractivity contribution < 1.29 is 0 Å². The number of aromatic nitrogens is 3. The molecule has 0 fully saturated rings. The Balaban J connectivity index is 1.29. The van der Waals surface area contributed by atoms with Crippen LogP contribution in [0.1, 0.15) is 18.1 Å². The van der Waals surface area contributed by atoms with Gasteiger partial charge in [0.05, 0.1) is 22.4 Å². The zero-order valence-corrected chi connectivity index (χ0v) is 26.4. The van der Waals surface area contributed by atoms with E-state index < -0.39 is 0 Å². The Kier molecular flexibility index (Phi) is 7.28. The standard InChI is InChI=1S/C44H33N3/c1-3-15-35-30(2)36(41-29-40(31-16-6-4-7-17-31)45-44(46-41)32-18-8-5-9-19-32)26-27-37(35)33-20-14-21-34(28-33)47-42-24-12-10-22-38(42)39-23-11-13-25-43(39)47/h3-29H,1-2H3/b15-3-. The lowest BCUT2D eigenvalue weighted by Gasteiger charge is -2.17. The van der Waals surface area contributed by atoms with E-state index in [1.165, 1.54) is 44.1 Å². The molecule has 0 saturated heterocycles. The molecule has 8 aromatic rings. The number of nitrogens with zero attached hydrogens (tertiary/aromatic N) is 3. The summed E-state index contributed by atoms with van der Waals surface area (Å²) in [5, 5.41) is 2.52. The van der Waals surface area contributed by atoms with Crippen molar-refractivity contribution in [2.45, 2.75) is 13.8 Å². The number of para-hydroxylation sites is 2. The van der Waals surface area contributed by atoms with Crippen LogP contribution in [0.5, 0.6) is 0 Å². The van der Waals surface area contributed by atoms with Gasteiger partial charge in [-0.3, -0.25) is 0 Å². The zero-order chi connectivity index (χ0) is 31.7. The van der Waals surface area contributed by atoms with Gasteiger partial charge in [0.1, 0.15) is 0 Å². The number of hydrogen-bond donors (Lipinski definition) is 0. The van der Waals surface area contributed by atoms with Crippen LogP contribution < -0.4 is 0 Å². The summed E-state index contributed by atoms with van der Waals surface area (Å²) in [6.07, 6.45) is 4.34. The molecule has 2 heterocycles. The van der Waals surface area contributed by atoms with E-state index in [0.29, 0.717) is 0 Å². The Bertz CT molecular complexity index is 2310. The van der Waals surface area contributed by atoms with E-state index in [1.54, 1.807) is 0 Å². The average Bonchev–Trinajstić information content (AvgIpc) is 3.47. The van der Waals surface area contributed by atoms with Crippen molar-refractivity contribution in [3.8, 4) is 50.7 Å². The number of allylic oxidation sites excluding steroid dienone is 1. The highest BCUT2D eigenvalue weighted by atomic mass is 15.0. The summed E-state index contributed by atoms with van der Waals surface area (Å²) in [5.74, 6) is 0.719. The fraction of sp³-hybridized carbons (Fsp3) is 0.0455. The number of hydrogen-bond acceptors (Lipinski definition) is 2. The maximum Gasteiger partial charge on any atom is 0.160 e. The van der Waals surface area contributed by atoms with E-state index >= 15 is 0 Å². The van der Waals surface area contributed by atoms with Gasteiger partial charge in [-0.2, -0.15) is 0 Å². The highest BCUT2D eigenvalue weighted by Gasteiger charge is 2.17. The Labute approximate surface area is 275 Å². The molecular weight excluding hydrogens is 571 g/mol. The topological polar surface area (TPSA) is 30.7 Å². The predicted octanol–water partition coefficient (Wildman–Crippen LogP) is 11.6. The van der Waals surface area contributed by atoms with Crippen LogP contribution >= 0.6 is 0 Å². The van der Waals surface area contributed by atoms with Gasteiger partial charge in [0.25, 0.3) is 0 Å². The molecular formula is C44H33N3. The second-order valence-corrected chi connectivity index (χ2v) is 11.8. The summed E-state index contributed by atoms with van der Waals surface area (Å²) in [7, 11) is 0. The van der Waals surface area contributed by atoms with Gasteiger partial charge in [0, 0.05) is 33.2 Å². The molecule has 0 bridgehead atoms. The van der Waals surface area contributed by atoms with Crippen molar-refractivity contribution in [3.63, 3.8) is 0 Å². The third kappa shape index (κ3) is 5.12. The molecule has 224 valence electrons. The van der Waals surface area contributed by atoms with Gasteiger partial charge in [0.15, 0.2) is 5.82 Å². The molecule has 6 aromatic carbocycles. The Morgan fingerprint density at radius 3 is 1.77 bits per heavy atom. The van der Waals surface area contributed by atoms with E-state index in [0.717, 1.165) is 39.6 Å². The van der Waals surface area contributed by atoms with Gasteiger partial charge < -0.3 is 4.57 Å². The van der Waals surface area contributed by atoms with Crippen LogP contribution in [-0.4, -0.2) is 14.5 Å². The molecule has 3 nitrogen and oxygen atoms in total. The molecule has 0 saturated carbocycles. The number of fused-ring (bicyclic) bond motifs is 3. The molecule has 0 spiro atoms. The van der Waals surface area contributed by atoms with Crippen LogP contribution in [0, 0.1) is 6.92 Å². The summed E-state index contributed by atoms with van der Waals surface area (Å²) >= 11 is 0. The highest BCUT2D eigenvalue weighted by Crippen LogP contribution is 2.38. The minimum atomic E-state index is 0.719. The fourth-order valence-electron chi connectivity index (χ4n) is 6.71. The van der Waals surface area contributed by atoms with Crippen LogP contribution in [0.15, 0.2) is 158 Å². The molecule has 0 aliphatic rings. The van der Waals surface area contributed by atoms with Crippen molar-refractivity contribution in [1.82, 2.24) is 14.5 Å². The van der Waals surface area contributed by atoms with Crippen LogP contribution in [0.4, 0.5) is 0 Å². The molecule has 0 amide bonds. The minimum Gasteiger partial charge on any atom is -0.309 e. The maximum absolute atomic E-state index is 5.13. The largest absolute Gasteiger partial charge is 0.309 e. The van der Waals surface area contributed by atoms with Crippen molar-refractivity contribution >= 4 is 27.9 Å². The molecule has 47 heavy (non-hydrogen) atoms. The third-order valence-corrected chi connectivity index (χ3v) is 8.95. The normalized spacial score (nSPS) is 11.5. The quantitative estimate of drug-likeness (QED) is 0.189. The van der Waals surface area contributed by atoms with Crippen LogP contribution in [0.25, 0.3) is 78.6 Å². The first-order valence-electron chi connectivity index (χ1n) is 16.1. The van der Waals surface area contributed by atoms with Gasteiger partial charge >= 0.3 is 0 Å².